The summed E-state index contributed by atoms with van der Waals surface area (Å²) >= 11 is 1.66. The first-order chi connectivity index (χ1) is 11.6. The molecule has 0 spiro atoms. The van der Waals surface area contributed by atoms with Crippen LogP contribution in [-0.2, 0) is 10.5 Å². The van der Waals surface area contributed by atoms with Gasteiger partial charge in [-0.15, -0.1) is 11.8 Å². The predicted octanol–water partition coefficient (Wildman–Crippen LogP) is 4.58. The Kier molecular flexibility index (Phi) is 7.19. The molecule has 0 saturated heterocycles. The number of carbonyl (C=O) groups excluding carboxylic acids is 1. The number of rotatable bonds is 8. The van der Waals surface area contributed by atoms with Gasteiger partial charge in [-0.2, -0.15) is 0 Å². The maximum Gasteiger partial charge on any atom is 0.233 e. The minimum atomic E-state index is -0.0856. The van der Waals surface area contributed by atoms with E-state index in [-0.39, 0.29) is 17.2 Å². The van der Waals surface area contributed by atoms with Crippen LogP contribution in [0.3, 0.4) is 0 Å². The van der Waals surface area contributed by atoms with E-state index >= 15 is 0 Å². The molecule has 3 nitrogen and oxygen atoms in total. The maximum absolute atomic E-state index is 12.5. The number of carbonyl (C=O) groups is 1. The molecule has 0 radical (unpaired) electrons. The van der Waals surface area contributed by atoms with E-state index in [9.17, 15) is 4.79 Å². The first-order valence-corrected chi connectivity index (χ1v) is 9.28. The molecule has 0 aromatic heterocycles. The lowest BCUT2D eigenvalue weighted by Gasteiger charge is -2.20. The lowest BCUT2D eigenvalue weighted by Crippen LogP contribution is -2.34. The largest absolute Gasteiger partial charge is 0.497 e. The normalized spacial score (nSPS) is 13.1. The monoisotopic (exact) mass is 343 g/mol. The summed E-state index contributed by atoms with van der Waals surface area (Å²) in [6, 6.07) is 18.1. The van der Waals surface area contributed by atoms with E-state index in [4.69, 9.17) is 4.74 Å². The van der Waals surface area contributed by atoms with Crippen LogP contribution in [0.25, 0.3) is 0 Å². The van der Waals surface area contributed by atoms with Gasteiger partial charge in [0.05, 0.1) is 18.4 Å². The third-order valence-electron chi connectivity index (χ3n) is 3.95. The van der Waals surface area contributed by atoms with Gasteiger partial charge in [-0.25, -0.2) is 0 Å². The molecule has 0 aliphatic rings. The van der Waals surface area contributed by atoms with Crippen LogP contribution < -0.4 is 10.1 Å². The quantitative estimate of drug-likeness (QED) is 0.762. The molecule has 1 amide bonds. The molecule has 0 aliphatic carbocycles. The van der Waals surface area contributed by atoms with Gasteiger partial charge in [0.1, 0.15) is 5.75 Å². The van der Waals surface area contributed by atoms with E-state index in [0.29, 0.717) is 0 Å². The molecule has 24 heavy (non-hydrogen) atoms. The van der Waals surface area contributed by atoms with Crippen molar-refractivity contribution in [3.63, 3.8) is 0 Å². The molecule has 0 fully saturated rings. The molecule has 128 valence electrons. The average Bonchev–Trinajstić information content (AvgIpc) is 2.64. The molecule has 1 N–H and O–H groups in total. The molecule has 2 atom stereocenters. The number of amides is 1. The fourth-order valence-electron chi connectivity index (χ4n) is 2.42. The Bertz CT molecular complexity index is 628. The summed E-state index contributed by atoms with van der Waals surface area (Å²) in [5, 5.41) is 3.07. The van der Waals surface area contributed by atoms with E-state index in [1.165, 1.54) is 5.56 Å². The predicted molar refractivity (Wildman–Crippen MR) is 101 cm³/mol. The fourth-order valence-corrected chi connectivity index (χ4v) is 3.27. The molecule has 2 aromatic rings. The Morgan fingerprint density at radius 1 is 1.12 bits per heavy atom. The van der Waals surface area contributed by atoms with E-state index in [2.05, 4.69) is 24.4 Å². The second-order valence-electron chi connectivity index (χ2n) is 5.68. The summed E-state index contributed by atoms with van der Waals surface area (Å²) in [6.45, 7) is 4.04. The van der Waals surface area contributed by atoms with Gasteiger partial charge >= 0.3 is 0 Å². The van der Waals surface area contributed by atoms with Crippen molar-refractivity contribution >= 4 is 17.7 Å². The van der Waals surface area contributed by atoms with Gasteiger partial charge in [-0.1, -0.05) is 49.4 Å². The van der Waals surface area contributed by atoms with Crippen molar-refractivity contribution in [1.29, 1.82) is 0 Å². The van der Waals surface area contributed by atoms with E-state index in [0.717, 1.165) is 23.5 Å². The second-order valence-corrected chi connectivity index (χ2v) is 7.01. The molecule has 0 heterocycles. The van der Waals surface area contributed by atoms with Crippen molar-refractivity contribution in [1.82, 2.24) is 5.32 Å². The number of hydrogen-bond acceptors (Lipinski definition) is 3. The second kappa shape index (κ2) is 9.38. The highest BCUT2D eigenvalue weighted by Gasteiger charge is 2.18. The first kappa shape index (κ1) is 18.4. The zero-order valence-electron chi connectivity index (χ0n) is 14.5. The molecule has 4 heteroatoms. The van der Waals surface area contributed by atoms with Crippen molar-refractivity contribution in [3.05, 3.63) is 65.7 Å². The number of benzene rings is 2. The Morgan fingerprint density at radius 2 is 1.79 bits per heavy atom. The van der Waals surface area contributed by atoms with Crippen LogP contribution in [-0.4, -0.2) is 18.3 Å². The molecule has 0 saturated carbocycles. The van der Waals surface area contributed by atoms with Crippen LogP contribution in [0.1, 0.15) is 37.4 Å². The van der Waals surface area contributed by atoms with Crippen molar-refractivity contribution < 1.29 is 9.53 Å². The van der Waals surface area contributed by atoms with Gasteiger partial charge in [0.25, 0.3) is 0 Å². The third kappa shape index (κ3) is 5.31. The Morgan fingerprint density at radius 3 is 2.38 bits per heavy atom. The van der Waals surface area contributed by atoms with Crippen molar-refractivity contribution in [2.24, 2.45) is 0 Å². The minimum Gasteiger partial charge on any atom is -0.497 e. The van der Waals surface area contributed by atoms with Gasteiger partial charge in [0.2, 0.25) is 5.91 Å². The zero-order valence-corrected chi connectivity index (χ0v) is 15.3. The van der Waals surface area contributed by atoms with Crippen LogP contribution in [0, 0.1) is 0 Å². The number of hydrogen-bond donors (Lipinski definition) is 1. The summed E-state index contributed by atoms with van der Waals surface area (Å²) in [6.07, 6.45) is 0.855. The Labute approximate surface area is 148 Å². The highest BCUT2D eigenvalue weighted by atomic mass is 32.2. The van der Waals surface area contributed by atoms with Crippen LogP contribution in [0.4, 0.5) is 0 Å². The van der Waals surface area contributed by atoms with Crippen LogP contribution in [0.15, 0.2) is 54.6 Å². The van der Waals surface area contributed by atoms with E-state index < -0.39 is 0 Å². The highest BCUT2D eigenvalue weighted by molar-refractivity contribution is 7.99. The Hall–Kier alpha value is -1.94. The van der Waals surface area contributed by atoms with Crippen LogP contribution >= 0.6 is 11.8 Å². The van der Waals surface area contributed by atoms with E-state index in [1.54, 1.807) is 18.9 Å². The zero-order chi connectivity index (χ0) is 17.4. The van der Waals surface area contributed by atoms with E-state index in [1.807, 2.05) is 49.4 Å². The summed E-state index contributed by atoms with van der Waals surface area (Å²) in [7, 11) is 1.65. The smallest absolute Gasteiger partial charge is 0.233 e. The Balaban J connectivity index is 1.90. The van der Waals surface area contributed by atoms with Gasteiger partial charge in [0.15, 0.2) is 0 Å². The van der Waals surface area contributed by atoms with Crippen LogP contribution in [0.5, 0.6) is 5.75 Å². The topological polar surface area (TPSA) is 38.3 Å². The average molecular weight is 343 g/mol. The standard InChI is InChI=1S/C20H25NO2S/c1-4-19(17-10-12-18(23-3)13-11-17)21-20(22)15(2)24-14-16-8-6-5-7-9-16/h5-13,15,19H,4,14H2,1-3H3,(H,21,22)/t15-,19+/m0/s1. The molecule has 0 aliphatic heterocycles. The number of methoxy groups -OCH3 is 1. The fraction of sp³-hybridized carbons (Fsp3) is 0.350. The first-order valence-electron chi connectivity index (χ1n) is 8.24. The van der Waals surface area contributed by atoms with Gasteiger partial charge in [-0.05, 0) is 36.6 Å². The number of thioether (sulfide) groups is 1. The summed E-state index contributed by atoms with van der Waals surface area (Å²) < 4.78 is 5.19. The van der Waals surface area contributed by atoms with Gasteiger partial charge in [0, 0.05) is 5.75 Å². The lowest BCUT2D eigenvalue weighted by atomic mass is 10.0. The highest BCUT2D eigenvalue weighted by Crippen LogP contribution is 2.22. The maximum atomic E-state index is 12.5. The van der Waals surface area contributed by atoms with Gasteiger partial charge in [-0.3, -0.25) is 4.79 Å². The SMILES string of the molecule is CC[C@@H](NC(=O)[C@H](C)SCc1ccccc1)c1ccc(OC)cc1. The molecule has 0 bridgehead atoms. The third-order valence-corrected chi connectivity index (χ3v) is 5.17. The molecule has 2 rings (SSSR count). The summed E-state index contributed by atoms with van der Waals surface area (Å²) in [5.41, 5.74) is 2.34. The number of ether oxygens (including phenoxy) is 1. The van der Waals surface area contributed by atoms with Crippen molar-refractivity contribution in [2.75, 3.05) is 7.11 Å². The van der Waals surface area contributed by atoms with Crippen molar-refractivity contribution in [3.8, 4) is 5.75 Å². The molecule has 0 unspecified atom stereocenters. The van der Waals surface area contributed by atoms with Crippen LogP contribution in [0.2, 0.25) is 0 Å². The molecule has 2 aromatic carbocycles. The minimum absolute atomic E-state index is 0.0307. The van der Waals surface area contributed by atoms with Gasteiger partial charge < -0.3 is 10.1 Å². The lowest BCUT2D eigenvalue weighted by molar-refractivity contribution is -0.121. The molecular weight excluding hydrogens is 318 g/mol. The number of nitrogens with one attached hydrogen (secondary N) is 1. The summed E-state index contributed by atoms with van der Waals surface area (Å²) in [4.78, 5) is 12.5. The van der Waals surface area contributed by atoms with Crippen molar-refractivity contribution in [2.45, 2.75) is 37.3 Å². The molecular formula is C20H25NO2S. The summed E-state index contributed by atoms with van der Waals surface area (Å²) in [5.74, 6) is 1.75.